The highest BCUT2D eigenvalue weighted by molar-refractivity contribution is 9.10. The molecule has 0 spiro atoms. The van der Waals surface area contributed by atoms with Crippen LogP contribution in [-0.4, -0.2) is 55.0 Å². The lowest BCUT2D eigenvalue weighted by atomic mass is 10.1. The lowest BCUT2D eigenvalue weighted by Crippen LogP contribution is -2.56. The number of amides is 1. The van der Waals surface area contributed by atoms with Crippen LogP contribution in [0.15, 0.2) is 22.7 Å². The van der Waals surface area contributed by atoms with Crippen LogP contribution >= 0.6 is 15.9 Å². The van der Waals surface area contributed by atoms with Gasteiger partial charge in [0.2, 0.25) is 0 Å². The number of carbonyl (C=O) groups excluding carboxylic acids is 1. The van der Waals surface area contributed by atoms with Gasteiger partial charge < -0.3 is 15.5 Å². The summed E-state index contributed by atoms with van der Waals surface area (Å²) >= 11 is 3.46. The number of benzene rings is 1. The van der Waals surface area contributed by atoms with Crippen LogP contribution in [0.3, 0.4) is 0 Å². The number of nitrogens with two attached hydrogens (primary N) is 1. The Morgan fingerprint density at radius 3 is 2.89 bits per heavy atom. The standard InChI is InChI=1S/C14H20BrN3O/c1-10-3-4-13(15)12(7-10)14(19)18-6-5-17(2)9-11(18)8-16/h3-4,7,11H,5-6,8-9,16H2,1-2H3. The quantitative estimate of drug-likeness (QED) is 0.895. The van der Waals surface area contributed by atoms with Crippen molar-refractivity contribution in [3.63, 3.8) is 0 Å². The minimum absolute atomic E-state index is 0.0686. The molecule has 0 bridgehead atoms. The SMILES string of the molecule is Cc1ccc(Br)c(C(=O)N2CCN(C)CC2CN)c1. The van der Waals surface area contributed by atoms with E-state index >= 15 is 0 Å². The summed E-state index contributed by atoms with van der Waals surface area (Å²) < 4.78 is 0.845. The molecule has 5 heteroatoms. The fraction of sp³-hybridized carbons (Fsp3) is 0.500. The fourth-order valence-corrected chi connectivity index (χ4v) is 2.85. The highest BCUT2D eigenvalue weighted by Crippen LogP contribution is 2.22. The van der Waals surface area contributed by atoms with Gasteiger partial charge in [0, 0.05) is 30.7 Å². The molecule has 1 unspecified atom stereocenters. The molecule has 0 aromatic heterocycles. The van der Waals surface area contributed by atoms with E-state index in [0.29, 0.717) is 6.54 Å². The van der Waals surface area contributed by atoms with Crippen LogP contribution in [0.5, 0.6) is 0 Å². The van der Waals surface area contributed by atoms with E-state index in [1.807, 2.05) is 30.0 Å². The molecular weight excluding hydrogens is 306 g/mol. The Kier molecular flexibility index (Phi) is 4.60. The Hall–Kier alpha value is -0.910. The first-order valence-electron chi connectivity index (χ1n) is 6.48. The van der Waals surface area contributed by atoms with E-state index in [-0.39, 0.29) is 11.9 Å². The normalized spacial score (nSPS) is 20.6. The second kappa shape index (κ2) is 6.03. The van der Waals surface area contributed by atoms with Crippen molar-refractivity contribution in [1.29, 1.82) is 0 Å². The maximum absolute atomic E-state index is 12.7. The van der Waals surface area contributed by atoms with Gasteiger partial charge >= 0.3 is 0 Å². The van der Waals surface area contributed by atoms with Gasteiger partial charge in [-0.15, -0.1) is 0 Å². The summed E-state index contributed by atoms with van der Waals surface area (Å²) in [6, 6.07) is 5.94. The number of hydrogen-bond donors (Lipinski definition) is 1. The average Bonchev–Trinajstić information content (AvgIpc) is 2.40. The molecule has 2 rings (SSSR count). The highest BCUT2D eigenvalue weighted by atomic mass is 79.9. The van der Waals surface area contributed by atoms with E-state index in [1.165, 1.54) is 0 Å². The smallest absolute Gasteiger partial charge is 0.255 e. The molecule has 1 fully saturated rings. The summed E-state index contributed by atoms with van der Waals surface area (Å²) in [5.74, 6) is 0.0686. The molecule has 1 heterocycles. The van der Waals surface area contributed by atoms with Gasteiger partial charge in [-0.05, 0) is 42.0 Å². The van der Waals surface area contributed by atoms with E-state index in [2.05, 4.69) is 27.9 Å². The first kappa shape index (κ1) is 14.5. The molecule has 19 heavy (non-hydrogen) atoms. The number of nitrogens with zero attached hydrogens (tertiary/aromatic N) is 2. The zero-order valence-electron chi connectivity index (χ0n) is 11.4. The molecule has 1 atom stereocenters. The molecule has 1 aliphatic rings. The summed E-state index contributed by atoms with van der Waals surface area (Å²) in [6.45, 7) is 4.96. The van der Waals surface area contributed by atoms with Crippen LogP contribution in [-0.2, 0) is 0 Å². The molecule has 0 saturated carbocycles. The van der Waals surface area contributed by atoms with E-state index in [9.17, 15) is 4.79 Å². The Morgan fingerprint density at radius 1 is 1.47 bits per heavy atom. The van der Waals surface area contributed by atoms with E-state index in [1.54, 1.807) is 0 Å². The van der Waals surface area contributed by atoms with Gasteiger partial charge in [-0.2, -0.15) is 0 Å². The minimum Gasteiger partial charge on any atom is -0.332 e. The van der Waals surface area contributed by atoms with Crippen molar-refractivity contribution in [3.8, 4) is 0 Å². The maximum Gasteiger partial charge on any atom is 0.255 e. The van der Waals surface area contributed by atoms with Crippen LogP contribution < -0.4 is 5.73 Å². The van der Waals surface area contributed by atoms with Crippen LogP contribution in [0.25, 0.3) is 0 Å². The Bertz CT molecular complexity index is 478. The number of piperazine rings is 1. The third-order valence-electron chi connectivity index (χ3n) is 3.57. The molecule has 104 valence electrons. The summed E-state index contributed by atoms with van der Waals surface area (Å²) in [7, 11) is 2.06. The monoisotopic (exact) mass is 325 g/mol. The van der Waals surface area contributed by atoms with E-state index in [4.69, 9.17) is 5.73 Å². The van der Waals surface area contributed by atoms with Gasteiger partial charge in [-0.3, -0.25) is 4.79 Å². The molecule has 0 radical (unpaired) electrons. The summed E-state index contributed by atoms with van der Waals surface area (Å²) in [5, 5.41) is 0. The van der Waals surface area contributed by atoms with Crippen molar-refractivity contribution < 1.29 is 4.79 Å². The number of likely N-dealkylation sites (N-methyl/N-ethyl adjacent to an activating group) is 1. The van der Waals surface area contributed by atoms with Crippen molar-refractivity contribution in [2.75, 3.05) is 33.2 Å². The van der Waals surface area contributed by atoms with Crippen molar-refractivity contribution in [3.05, 3.63) is 33.8 Å². The molecule has 2 N–H and O–H groups in total. The number of rotatable bonds is 2. The summed E-state index contributed by atoms with van der Waals surface area (Å²) in [4.78, 5) is 16.8. The fourth-order valence-electron chi connectivity index (χ4n) is 2.44. The van der Waals surface area contributed by atoms with Gasteiger partial charge in [0.15, 0.2) is 0 Å². The van der Waals surface area contributed by atoms with Gasteiger partial charge in [0.25, 0.3) is 5.91 Å². The predicted molar refractivity (Wildman–Crippen MR) is 80.3 cm³/mol. The Morgan fingerprint density at radius 2 is 2.21 bits per heavy atom. The summed E-state index contributed by atoms with van der Waals surface area (Å²) in [6.07, 6.45) is 0. The number of carbonyl (C=O) groups is 1. The number of halogens is 1. The molecule has 1 aromatic rings. The van der Waals surface area contributed by atoms with Crippen LogP contribution in [0.1, 0.15) is 15.9 Å². The van der Waals surface area contributed by atoms with Crippen molar-refractivity contribution in [2.45, 2.75) is 13.0 Å². The molecule has 4 nitrogen and oxygen atoms in total. The van der Waals surface area contributed by atoms with Gasteiger partial charge in [-0.1, -0.05) is 11.6 Å². The van der Waals surface area contributed by atoms with E-state index in [0.717, 1.165) is 35.2 Å². The minimum atomic E-state index is 0.0686. The second-order valence-electron chi connectivity index (χ2n) is 5.13. The lowest BCUT2D eigenvalue weighted by Gasteiger charge is -2.39. The van der Waals surface area contributed by atoms with Crippen LogP contribution in [0, 0.1) is 6.92 Å². The first-order chi connectivity index (χ1) is 9.02. The predicted octanol–water partition coefficient (Wildman–Crippen LogP) is 1.47. The second-order valence-corrected chi connectivity index (χ2v) is 5.99. The highest BCUT2D eigenvalue weighted by Gasteiger charge is 2.29. The van der Waals surface area contributed by atoms with Gasteiger partial charge in [0.05, 0.1) is 11.6 Å². The topological polar surface area (TPSA) is 49.6 Å². The molecule has 1 aliphatic heterocycles. The molecular formula is C14H20BrN3O. The number of hydrogen-bond acceptors (Lipinski definition) is 3. The zero-order valence-corrected chi connectivity index (χ0v) is 13.0. The summed E-state index contributed by atoms with van der Waals surface area (Å²) in [5.41, 5.74) is 7.62. The van der Waals surface area contributed by atoms with Gasteiger partial charge in [-0.25, -0.2) is 0 Å². The zero-order chi connectivity index (χ0) is 14.0. The average molecular weight is 326 g/mol. The first-order valence-corrected chi connectivity index (χ1v) is 7.28. The molecule has 0 aliphatic carbocycles. The van der Waals surface area contributed by atoms with Crippen molar-refractivity contribution in [2.24, 2.45) is 5.73 Å². The van der Waals surface area contributed by atoms with Crippen molar-refractivity contribution >= 4 is 21.8 Å². The molecule has 1 saturated heterocycles. The van der Waals surface area contributed by atoms with Gasteiger partial charge in [0.1, 0.15) is 0 Å². The lowest BCUT2D eigenvalue weighted by molar-refractivity contribution is 0.0515. The Labute approximate surface area is 122 Å². The van der Waals surface area contributed by atoms with Crippen molar-refractivity contribution in [1.82, 2.24) is 9.80 Å². The molecule has 1 aromatic carbocycles. The number of aryl methyl sites for hydroxylation is 1. The molecule has 1 amide bonds. The van der Waals surface area contributed by atoms with E-state index < -0.39 is 0 Å². The van der Waals surface area contributed by atoms with Crippen LogP contribution in [0.4, 0.5) is 0 Å². The Balaban J connectivity index is 2.25. The third-order valence-corrected chi connectivity index (χ3v) is 4.26. The maximum atomic E-state index is 12.7. The third kappa shape index (κ3) is 3.16. The van der Waals surface area contributed by atoms with Crippen LogP contribution in [0.2, 0.25) is 0 Å². The largest absolute Gasteiger partial charge is 0.332 e.